The Morgan fingerprint density at radius 1 is 1.47 bits per heavy atom. The molecule has 15 heavy (non-hydrogen) atoms. The Balaban J connectivity index is 2.87. The average Bonchev–Trinajstić information content (AvgIpc) is 2.25. The van der Waals surface area contributed by atoms with Crippen LogP contribution in [-0.2, 0) is 11.3 Å². The molecule has 4 heteroatoms. The minimum Gasteiger partial charge on any atom is -0.409 e. The summed E-state index contributed by atoms with van der Waals surface area (Å²) in [6.45, 7) is 4.39. The van der Waals surface area contributed by atoms with Gasteiger partial charge in [0.25, 0.3) is 0 Å². The lowest BCUT2D eigenvalue weighted by atomic mass is 10.1. The van der Waals surface area contributed by atoms with E-state index in [2.05, 4.69) is 5.16 Å². The van der Waals surface area contributed by atoms with E-state index in [0.29, 0.717) is 12.2 Å². The zero-order valence-corrected chi connectivity index (χ0v) is 8.97. The van der Waals surface area contributed by atoms with Crippen molar-refractivity contribution in [1.29, 1.82) is 0 Å². The molecule has 82 valence electrons. The van der Waals surface area contributed by atoms with Crippen molar-refractivity contribution in [2.24, 2.45) is 10.9 Å². The molecule has 0 saturated carbocycles. The number of ether oxygens (including phenoxy) is 1. The first-order chi connectivity index (χ1) is 7.15. The molecule has 0 aliphatic carbocycles. The summed E-state index contributed by atoms with van der Waals surface area (Å²) >= 11 is 0. The summed E-state index contributed by atoms with van der Waals surface area (Å²) in [7, 11) is 0. The summed E-state index contributed by atoms with van der Waals surface area (Å²) in [4.78, 5) is 0. The standard InChI is InChI=1S/C11H16N2O2/c1-8(2)15-7-9-5-3-4-6-10(9)11(12)13-14/h3-6,8,14H,7H2,1-2H3,(H2,12,13). The smallest absolute Gasteiger partial charge is 0.170 e. The predicted octanol–water partition coefficient (Wildman–Crippen LogP) is 1.71. The third kappa shape index (κ3) is 3.25. The van der Waals surface area contributed by atoms with Gasteiger partial charge in [0.05, 0.1) is 12.7 Å². The van der Waals surface area contributed by atoms with Crippen LogP contribution in [0.1, 0.15) is 25.0 Å². The summed E-state index contributed by atoms with van der Waals surface area (Å²) in [5.41, 5.74) is 7.17. The molecular formula is C11H16N2O2. The Labute approximate surface area is 89.4 Å². The van der Waals surface area contributed by atoms with Gasteiger partial charge in [-0.05, 0) is 19.4 Å². The number of amidine groups is 1. The van der Waals surface area contributed by atoms with Crippen LogP contribution in [0.5, 0.6) is 0 Å². The van der Waals surface area contributed by atoms with Gasteiger partial charge < -0.3 is 15.7 Å². The van der Waals surface area contributed by atoms with Crippen molar-refractivity contribution < 1.29 is 9.94 Å². The number of nitrogens with two attached hydrogens (primary N) is 1. The number of oxime groups is 1. The highest BCUT2D eigenvalue weighted by Crippen LogP contribution is 2.10. The second kappa shape index (κ2) is 5.36. The number of hydrogen-bond acceptors (Lipinski definition) is 3. The maximum Gasteiger partial charge on any atom is 0.170 e. The molecular weight excluding hydrogens is 192 g/mol. The molecule has 0 heterocycles. The van der Waals surface area contributed by atoms with E-state index in [9.17, 15) is 0 Å². The van der Waals surface area contributed by atoms with E-state index >= 15 is 0 Å². The van der Waals surface area contributed by atoms with Crippen LogP contribution in [0, 0.1) is 0 Å². The molecule has 0 bridgehead atoms. The fourth-order valence-electron chi connectivity index (χ4n) is 1.21. The van der Waals surface area contributed by atoms with E-state index in [4.69, 9.17) is 15.7 Å². The molecule has 3 N–H and O–H groups in total. The van der Waals surface area contributed by atoms with Gasteiger partial charge in [0.15, 0.2) is 5.84 Å². The largest absolute Gasteiger partial charge is 0.409 e. The second-order valence-electron chi connectivity index (χ2n) is 3.50. The molecule has 0 amide bonds. The van der Waals surface area contributed by atoms with Crippen LogP contribution in [0.3, 0.4) is 0 Å². The molecule has 0 saturated heterocycles. The predicted molar refractivity (Wildman–Crippen MR) is 58.9 cm³/mol. The fraction of sp³-hybridized carbons (Fsp3) is 0.364. The van der Waals surface area contributed by atoms with E-state index in [1.807, 2.05) is 32.0 Å². The van der Waals surface area contributed by atoms with Gasteiger partial charge in [0.2, 0.25) is 0 Å². The van der Waals surface area contributed by atoms with Crippen molar-refractivity contribution in [3.63, 3.8) is 0 Å². The number of benzene rings is 1. The van der Waals surface area contributed by atoms with Crippen molar-refractivity contribution in [2.75, 3.05) is 0 Å². The Kier molecular flexibility index (Phi) is 4.12. The molecule has 4 nitrogen and oxygen atoms in total. The van der Waals surface area contributed by atoms with Crippen LogP contribution < -0.4 is 5.73 Å². The van der Waals surface area contributed by atoms with Crippen molar-refractivity contribution in [3.8, 4) is 0 Å². The molecule has 0 fully saturated rings. The van der Waals surface area contributed by atoms with Crippen molar-refractivity contribution >= 4 is 5.84 Å². The number of nitrogens with zero attached hydrogens (tertiary/aromatic N) is 1. The van der Waals surface area contributed by atoms with Crippen molar-refractivity contribution in [1.82, 2.24) is 0 Å². The van der Waals surface area contributed by atoms with Gasteiger partial charge in [-0.15, -0.1) is 0 Å². The van der Waals surface area contributed by atoms with Crippen LogP contribution in [-0.4, -0.2) is 17.1 Å². The van der Waals surface area contributed by atoms with E-state index in [1.165, 1.54) is 0 Å². The van der Waals surface area contributed by atoms with Crippen LogP contribution in [0.2, 0.25) is 0 Å². The summed E-state index contributed by atoms with van der Waals surface area (Å²) in [6, 6.07) is 7.43. The van der Waals surface area contributed by atoms with Crippen LogP contribution in [0.4, 0.5) is 0 Å². The van der Waals surface area contributed by atoms with E-state index in [-0.39, 0.29) is 11.9 Å². The Morgan fingerprint density at radius 3 is 2.73 bits per heavy atom. The van der Waals surface area contributed by atoms with Gasteiger partial charge in [-0.25, -0.2) is 0 Å². The van der Waals surface area contributed by atoms with Crippen LogP contribution >= 0.6 is 0 Å². The molecule has 1 aromatic rings. The lowest BCUT2D eigenvalue weighted by Crippen LogP contribution is -2.16. The second-order valence-corrected chi connectivity index (χ2v) is 3.50. The lowest BCUT2D eigenvalue weighted by Gasteiger charge is -2.10. The number of hydrogen-bond donors (Lipinski definition) is 2. The van der Waals surface area contributed by atoms with Crippen molar-refractivity contribution in [2.45, 2.75) is 26.6 Å². The van der Waals surface area contributed by atoms with Gasteiger partial charge in [-0.2, -0.15) is 0 Å². The minimum absolute atomic E-state index is 0.109. The zero-order chi connectivity index (χ0) is 11.3. The third-order valence-electron chi connectivity index (χ3n) is 1.97. The van der Waals surface area contributed by atoms with Gasteiger partial charge in [0.1, 0.15) is 0 Å². The first kappa shape index (κ1) is 11.5. The lowest BCUT2D eigenvalue weighted by molar-refractivity contribution is 0.0656. The highest BCUT2D eigenvalue weighted by Gasteiger charge is 2.06. The summed E-state index contributed by atoms with van der Waals surface area (Å²) in [5.74, 6) is 0.109. The molecule has 0 radical (unpaired) electrons. The molecule has 0 aliphatic heterocycles. The molecule has 1 aromatic carbocycles. The molecule has 0 aliphatic rings. The summed E-state index contributed by atoms with van der Waals surface area (Å²) in [6.07, 6.45) is 0.158. The van der Waals surface area contributed by atoms with Gasteiger partial charge in [0, 0.05) is 5.56 Å². The monoisotopic (exact) mass is 208 g/mol. The van der Waals surface area contributed by atoms with Crippen LogP contribution in [0.15, 0.2) is 29.4 Å². The molecule has 1 rings (SSSR count). The SMILES string of the molecule is CC(C)OCc1ccccc1/C(N)=N/O. The Morgan fingerprint density at radius 2 is 2.13 bits per heavy atom. The topological polar surface area (TPSA) is 67.8 Å². The molecule has 0 unspecified atom stereocenters. The van der Waals surface area contributed by atoms with E-state index in [0.717, 1.165) is 5.56 Å². The average molecular weight is 208 g/mol. The molecule has 0 spiro atoms. The summed E-state index contributed by atoms with van der Waals surface area (Å²) in [5, 5.41) is 11.6. The maximum absolute atomic E-state index is 8.61. The Hall–Kier alpha value is -1.55. The summed E-state index contributed by atoms with van der Waals surface area (Å²) < 4.78 is 5.47. The van der Waals surface area contributed by atoms with E-state index < -0.39 is 0 Å². The Bertz CT molecular complexity index is 348. The first-order valence-corrected chi connectivity index (χ1v) is 4.82. The third-order valence-corrected chi connectivity index (χ3v) is 1.97. The highest BCUT2D eigenvalue weighted by molar-refractivity contribution is 5.98. The fourth-order valence-corrected chi connectivity index (χ4v) is 1.21. The molecule has 0 atom stereocenters. The quantitative estimate of drug-likeness (QED) is 0.342. The zero-order valence-electron chi connectivity index (χ0n) is 8.97. The molecule has 0 aromatic heterocycles. The van der Waals surface area contributed by atoms with Gasteiger partial charge in [-0.3, -0.25) is 0 Å². The minimum atomic E-state index is 0.109. The van der Waals surface area contributed by atoms with Gasteiger partial charge >= 0.3 is 0 Å². The van der Waals surface area contributed by atoms with Crippen LogP contribution in [0.25, 0.3) is 0 Å². The maximum atomic E-state index is 8.61. The number of rotatable bonds is 4. The van der Waals surface area contributed by atoms with Gasteiger partial charge in [-0.1, -0.05) is 29.4 Å². The normalized spacial score (nSPS) is 12.1. The van der Waals surface area contributed by atoms with Crippen molar-refractivity contribution in [3.05, 3.63) is 35.4 Å². The highest BCUT2D eigenvalue weighted by atomic mass is 16.5. The van der Waals surface area contributed by atoms with E-state index in [1.54, 1.807) is 6.07 Å². The first-order valence-electron chi connectivity index (χ1n) is 4.82.